The van der Waals surface area contributed by atoms with Crippen molar-refractivity contribution in [1.82, 2.24) is 9.80 Å². The first kappa shape index (κ1) is 16.4. The van der Waals surface area contributed by atoms with Gasteiger partial charge in [0.15, 0.2) is 0 Å². The van der Waals surface area contributed by atoms with Gasteiger partial charge in [0.1, 0.15) is 5.60 Å². The molecule has 1 aliphatic rings. The van der Waals surface area contributed by atoms with Crippen LogP contribution in [0.5, 0.6) is 0 Å². The predicted molar refractivity (Wildman–Crippen MR) is 78.2 cm³/mol. The average Bonchev–Trinajstić information content (AvgIpc) is 2.50. The molecule has 1 fully saturated rings. The Bertz CT molecular complexity index is 286. The molecule has 0 amide bonds. The molecule has 4 nitrogen and oxygen atoms in total. The van der Waals surface area contributed by atoms with E-state index in [0.717, 1.165) is 19.5 Å². The normalized spacial score (nSPS) is 22.3. The van der Waals surface area contributed by atoms with E-state index in [1.54, 1.807) is 0 Å². The van der Waals surface area contributed by atoms with Gasteiger partial charge in [-0.2, -0.15) is 0 Å². The monoisotopic (exact) mass is 270 g/mol. The second kappa shape index (κ2) is 7.25. The van der Waals surface area contributed by atoms with E-state index >= 15 is 0 Å². The number of likely N-dealkylation sites (tertiary alicyclic amines) is 1. The molecule has 0 radical (unpaired) electrons. The zero-order valence-corrected chi connectivity index (χ0v) is 13.2. The van der Waals surface area contributed by atoms with Crippen LogP contribution >= 0.6 is 0 Å². The Morgan fingerprint density at radius 3 is 2.58 bits per heavy atom. The number of rotatable bonds is 4. The van der Waals surface area contributed by atoms with Crippen LogP contribution in [-0.4, -0.2) is 60.6 Å². The lowest BCUT2D eigenvalue weighted by molar-refractivity contribution is -0.156. The molecule has 0 aromatic carbocycles. The summed E-state index contributed by atoms with van der Waals surface area (Å²) in [5.74, 6) is -0.119. The van der Waals surface area contributed by atoms with Crippen molar-refractivity contribution in [2.45, 2.75) is 58.6 Å². The van der Waals surface area contributed by atoms with Crippen LogP contribution in [0, 0.1) is 0 Å². The number of likely N-dealkylation sites (N-methyl/N-ethyl adjacent to an activating group) is 1. The number of carbonyl (C=O) groups excluding carboxylic acids is 1. The fourth-order valence-electron chi connectivity index (χ4n) is 2.60. The zero-order valence-electron chi connectivity index (χ0n) is 13.2. The highest BCUT2D eigenvalue weighted by atomic mass is 16.6. The second-order valence-electron chi connectivity index (χ2n) is 6.52. The Balaban J connectivity index is 2.40. The lowest BCUT2D eigenvalue weighted by Gasteiger charge is -2.28. The minimum absolute atomic E-state index is 0.119. The van der Waals surface area contributed by atoms with Crippen LogP contribution in [0.1, 0.15) is 47.0 Å². The zero-order chi connectivity index (χ0) is 14.5. The summed E-state index contributed by atoms with van der Waals surface area (Å²) < 4.78 is 5.38. The summed E-state index contributed by atoms with van der Waals surface area (Å²) in [5.41, 5.74) is -0.389. The van der Waals surface area contributed by atoms with Crippen molar-refractivity contribution >= 4 is 5.97 Å². The molecule has 19 heavy (non-hydrogen) atoms. The van der Waals surface area contributed by atoms with Crippen LogP contribution in [0.3, 0.4) is 0 Å². The molecule has 1 atom stereocenters. The van der Waals surface area contributed by atoms with Crippen LogP contribution in [0.4, 0.5) is 0 Å². The number of ether oxygens (including phenoxy) is 1. The average molecular weight is 270 g/mol. The molecular formula is C15H30N2O2. The summed E-state index contributed by atoms with van der Waals surface area (Å²) in [5, 5.41) is 0. The summed E-state index contributed by atoms with van der Waals surface area (Å²) in [7, 11) is 2.04. The van der Waals surface area contributed by atoms with Crippen molar-refractivity contribution in [3.8, 4) is 0 Å². The molecule has 1 heterocycles. The maximum Gasteiger partial charge on any atom is 0.320 e. The molecule has 112 valence electrons. The summed E-state index contributed by atoms with van der Waals surface area (Å²) in [6.45, 7) is 11.8. The standard InChI is InChI=1S/C15H30N2O2/c1-6-17-10-7-8-13(9-11-17)16(5)12-14(18)19-15(2,3)4/h13H,6-12H2,1-5H3/t13-/m0/s1. The van der Waals surface area contributed by atoms with Gasteiger partial charge in [-0.25, -0.2) is 0 Å². The van der Waals surface area contributed by atoms with Gasteiger partial charge in [0.05, 0.1) is 6.54 Å². The highest BCUT2D eigenvalue weighted by molar-refractivity contribution is 5.72. The number of esters is 1. The quantitative estimate of drug-likeness (QED) is 0.733. The molecule has 1 aliphatic heterocycles. The van der Waals surface area contributed by atoms with E-state index in [-0.39, 0.29) is 11.6 Å². The topological polar surface area (TPSA) is 32.8 Å². The third kappa shape index (κ3) is 6.39. The molecule has 1 rings (SSSR count). The molecule has 1 saturated heterocycles. The van der Waals surface area contributed by atoms with Gasteiger partial charge in [0.25, 0.3) is 0 Å². The minimum Gasteiger partial charge on any atom is -0.459 e. The lowest BCUT2D eigenvalue weighted by Crippen LogP contribution is -2.39. The highest BCUT2D eigenvalue weighted by Crippen LogP contribution is 2.16. The SMILES string of the molecule is CCN1CCC[C@H](N(C)CC(=O)OC(C)(C)C)CC1. The summed E-state index contributed by atoms with van der Waals surface area (Å²) in [4.78, 5) is 16.5. The van der Waals surface area contributed by atoms with Crippen LogP contribution < -0.4 is 0 Å². The molecule has 0 bridgehead atoms. The Kier molecular flexibility index (Phi) is 6.27. The first-order chi connectivity index (χ1) is 8.81. The van der Waals surface area contributed by atoms with Crippen LogP contribution in [-0.2, 0) is 9.53 Å². The molecular weight excluding hydrogens is 240 g/mol. The molecule has 0 N–H and O–H groups in total. The number of nitrogens with zero attached hydrogens (tertiary/aromatic N) is 2. The van der Waals surface area contributed by atoms with Crippen LogP contribution in [0.25, 0.3) is 0 Å². The lowest BCUT2D eigenvalue weighted by atomic mass is 10.1. The summed E-state index contributed by atoms with van der Waals surface area (Å²) in [6.07, 6.45) is 3.54. The Morgan fingerprint density at radius 2 is 2.00 bits per heavy atom. The van der Waals surface area contributed by atoms with Gasteiger partial charge in [0.2, 0.25) is 0 Å². The smallest absolute Gasteiger partial charge is 0.320 e. The van der Waals surface area contributed by atoms with Gasteiger partial charge in [-0.05, 0) is 66.7 Å². The van der Waals surface area contributed by atoms with Gasteiger partial charge < -0.3 is 9.64 Å². The van der Waals surface area contributed by atoms with Crippen LogP contribution in [0.15, 0.2) is 0 Å². The maximum atomic E-state index is 11.8. The van der Waals surface area contributed by atoms with Crippen molar-refractivity contribution in [3.05, 3.63) is 0 Å². The van der Waals surface area contributed by atoms with Crippen molar-refractivity contribution in [2.24, 2.45) is 0 Å². The molecule has 0 aromatic rings. The van der Waals surface area contributed by atoms with Gasteiger partial charge in [0, 0.05) is 6.04 Å². The third-order valence-corrected chi connectivity index (χ3v) is 3.66. The molecule has 0 aliphatic carbocycles. The fourth-order valence-corrected chi connectivity index (χ4v) is 2.60. The molecule has 0 spiro atoms. The van der Waals surface area contributed by atoms with E-state index in [1.165, 1.54) is 19.4 Å². The van der Waals surface area contributed by atoms with Gasteiger partial charge in [-0.1, -0.05) is 6.92 Å². The Hall–Kier alpha value is -0.610. The van der Waals surface area contributed by atoms with E-state index in [9.17, 15) is 4.79 Å². The number of hydrogen-bond donors (Lipinski definition) is 0. The van der Waals surface area contributed by atoms with Crippen molar-refractivity contribution in [2.75, 3.05) is 33.2 Å². The number of carbonyl (C=O) groups is 1. The van der Waals surface area contributed by atoms with E-state index in [4.69, 9.17) is 4.74 Å². The molecule has 0 saturated carbocycles. The Morgan fingerprint density at radius 1 is 1.32 bits per heavy atom. The largest absolute Gasteiger partial charge is 0.459 e. The predicted octanol–water partition coefficient (Wildman–Crippen LogP) is 2.13. The van der Waals surface area contributed by atoms with E-state index < -0.39 is 0 Å². The minimum atomic E-state index is -0.389. The van der Waals surface area contributed by atoms with Crippen molar-refractivity contribution in [3.63, 3.8) is 0 Å². The maximum absolute atomic E-state index is 11.8. The Labute approximate surface area is 118 Å². The third-order valence-electron chi connectivity index (χ3n) is 3.66. The highest BCUT2D eigenvalue weighted by Gasteiger charge is 2.23. The fraction of sp³-hybridized carbons (Fsp3) is 0.933. The van der Waals surface area contributed by atoms with Crippen LogP contribution in [0.2, 0.25) is 0 Å². The molecule has 0 aromatic heterocycles. The van der Waals surface area contributed by atoms with E-state index in [1.807, 2.05) is 27.8 Å². The summed E-state index contributed by atoms with van der Waals surface area (Å²) in [6, 6.07) is 0.504. The first-order valence-electron chi connectivity index (χ1n) is 7.46. The van der Waals surface area contributed by atoms with Crippen molar-refractivity contribution < 1.29 is 9.53 Å². The van der Waals surface area contributed by atoms with Gasteiger partial charge in [-0.15, -0.1) is 0 Å². The first-order valence-corrected chi connectivity index (χ1v) is 7.46. The molecule has 4 heteroatoms. The molecule has 0 unspecified atom stereocenters. The second-order valence-corrected chi connectivity index (χ2v) is 6.52. The number of hydrogen-bond acceptors (Lipinski definition) is 4. The van der Waals surface area contributed by atoms with Crippen molar-refractivity contribution in [1.29, 1.82) is 0 Å². The van der Waals surface area contributed by atoms with E-state index in [0.29, 0.717) is 12.6 Å². The van der Waals surface area contributed by atoms with Gasteiger partial charge in [-0.3, -0.25) is 9.69 Å². The summed E-state index contributed by atoms with van der Waals surface area (Å²) >= 11 is 0. The van der Waals surface area contributed by atoms with Gasteiger partial charge >= 0.3 is 5.97 Å². The van der Waals surface area contributed by atoms with E-state index in [2.05, 4.69) is 16.7 Å².